The fourth-order valence-electron chi connectivity index (χ4n) is 2.94. The molecule has 8 nitrogen and oxygen atoms in total. The second-order valence-corrected chi connectivity index (χ2v) is 7.24. The fourth-order valence-corrected chi connectivity index (χ4v) is 2.94. The van der Waals surface area contributed by atoms with E-state index in [9.17, 15) is 0 Å². The van der Waals surface area contributed by atoms with E-state index < -0.39 is 0 Å². The van der Waals surface area contributed by atoms with E-state index in [2.05, 4.69) is 56.4 Å². The minimum Gasteiger partial charge on any atom is -0.356 e. The van der Waals surface area contributed by atoms with Crippen LogP contribution in [-0.2, 0) is 13.0 Å². The molecule has 154 valence electrons. The third-order valence-electron chi connectivity index (χ3n) is 4.52. The summed E-state index contributed by atoms with van der Waals surface area (Å²) < 4.78 is 5.28. The third kappa shape index (κ3) is 5.66. The number of benzene rings is 1. The number of rotatable bonds is 8. The summed E-state index contributed by atoms with van der Waals surface area (Å²) in [5.41, 5.74) is 2.13. The topological polar surface area (TPSA) is 95.2 Å². The van der Waals surface area contributed by atoms with Crippen molar-refractivity contribution in [3.8, 4) is 11.3 Å². The zero-order chi connectivity index (χ0) is 20.6. The lowest BCUT2D eigenvalue weighted by Gasteiger charge is -2.21. The fraction of sp³-hybridized carbons (Fsp3) is 0.429. The summed E-state index contributed by atoms with van der Waals surface area (Å²) in [6.45, 7) is 5.51. The van der Waals surface area contributed by atoms with E-state index in [1.165, 1.54) is 0 Å². The number of aromatic nitrogens is 4. The van der Waals surface area contributed by atoms with Gasteiger partial charge in [-0.2, -0.15) is 4.98 Å². The second kappa shape index (κ2) is 9.86. The molecule has 0 aliphatic heterocycles. The molecule has 0 spiro atoms. The van der Waals surface area contributed by atoms with Crippen LogP contribution in [0, 0.1) is 0 Å². The van der Waals surface area contributed by atoms with Crippen molar-refractivity contribution in [2.24, 2.45) is 4.99 Å². The van der Waals surface area contributed by atoms with Gasteiger partial charge < -0.3 is 19.7 Å². The molecule has 0 fully saturated rings. The van der Waals surface area contributed by atoms with Gasteiger partial charge in [0.15, 0.2) is 11.8 Å². The molecular weight excluding hydrogens is 366 g/mol. The van der Waals surface area contributed by atoms with Crippen molar-refractivity contribution in [3.05, 3.63) is 54.1 Å². The molecule has 0 radical (unpaired) electrons. The van der Waals surface area contributed by atoms with Gasteiger partial charge in [-0.25, -0.2) is 4.98 Å². The largest absolute Gasteiger partial charge is 0.356 e. The molecule has 0 aliphatic carbocycles. The summed E-state index contributed by atoms with van der Waals surface area (Å²) in [5, 5.41) is 7.37. The van der Waals surface area contributed by atoms with Crippen LogP contribution >= 0.6 is 0 Å². The summed E-state index contributed by atoms with van der Waals surface area (Å²) in [5.74, 6) is 3.43. The van der Waals surface area contributed by atoms with Crippen molar-refractivity contribution in [1.29, 1.82) is 0 Å². The third-order valence-corrected chi connectivity index (χ3v) is 4.52. The Morgan fingerprint density at radius 1 is 1.28 bits per heavy atom. The van der Waals surface area contributed by atoms with Crippen LogP contribution < -0.4 is 5.32 Å². The Morgan fingerprint density at radius 3 is 2.76 bits per heavy atom. The molecule has 2 N–H and O–H groups in total. The van der Waals surface area contributed by atoms with Crippen LogP contribution in [-0.4, -0.2) is 51.6 Å². The van der Waals surface area contributed by atoms with Crippen LogP contribution in [0.3, 0.4) is 0 Å². The number of aryl methyl sites for hydroxylation is 1. The molecule has 29 heavy (non-hydrogen) atoms. The first-order valence-electron chi connectivity index (χ1n) is 9.90. The molecule has 0 unspecified atom stereocenters. The van der Waals surface area contributed by atoms with Crippen LogP contribution in [0.15, 0.2) is 46.0 Å². The van der Waals surface area contributed by atoms with E-state index in [4.69, 9.17) is 4.52 Å². The molecule has 0 saturated carbocycles. The molecule has 3 rings (SSSR count). The number of aliphatic imine (C=N–C) groups is 1. The van der Waals surface area contributed by atoms with Crippen molar-refractivity contribution in [1.82, 2.24) is 30.3 Å². The second-order valence-electron chi connectivity index (χ2n) is 7.24. The molecule has 1 aromatic carbocycles. The highest BCUT2D eigenvalue weighted by Crippen LogP contribution is 2.16. The highest BCUT2D eigenvalue weighted by molar-refractivity contribution is 5.79. The van der Waals surface area contributed by atoms with E-state index >= 15 is 0 Å². The number of nitrogens with zero attached hydrogens (tertiary/aromatic N) is 5. The lowest BCUT2D eigenvalue weighted by molar-refractivity contribution is 0.368. The Morgan fingerprint density at radius 2 is 2.07 bits per heavy atom. The first-order valence-corrected chi connectivity index (χ1v) is 9.90. The van der Waals surface area contributed by atoms with Gasteiger partial charge in [-0.1, -0.05) is 49.3 Å². The molecule has 2 aromatic heterocycles. The maximum absolute atomic E-state index is 5.28. The summed E-state index contributed by atoms with van der Waals surface area (Å²) >= 11 is 0. The van der Waals surface area contributed by atoms with Gasteiger partial charge >= 0.3 is 0 Å². The Hall–Kier alpha value is -3.16. The normalized spacial score (nSPS) is 11.8. The Labute approximate surface area is 171 Å². The maximum Gasteiger partial charge on any atom is 0.226 e. The lowest BCUT2D eigenvalue weighted by Crippen LogP contribution is -2.39. The Kier molecular flexibility index (Phi) is 6.99. The van der Waals surface area contributed by atoms with Gasteiger partial charge in [0.1, 0.15) is 5.82 Å². The van der Waals surface area contributed by atoms with Gasteiger partial charge in [-0.15, -0.1) is 0 Å². The van der Waals surface area contributed by atoms with Crippen LogP contribution in [0.4, 0.5) is 0 Å². The standard InChI is InChI=1S/C21H29N7O/c1-15(2)20-26-19(29-27-20)11-8-12-23-21(22-3)28(4)14-18-24-13-17(25-18)16-9-6-5-7-10-16/h5-7,9-10,13,15H,8,11-12,14H2,1-4H3,(H,22,23)(H,24,25). The van der Waals surface area contributed by atoms with Crippen molar-refractivity contribution < 1.29 is 4.52 Å². The van der Waals surface area contributed by atoms with E-state index in [1.807, 2.05) is 36.3 Å². The van der Waals surface area contributed by atoms with Crippen molar-refractivity contribution in [2.75, 3.05) is 20.6 Å². The molecule has 0 atom stereocenters. The number of imidazole rings is 1. The Balaban J connectivity index is 1.46. The zero-order valence-corrected chi connectivity index (χ0v) is 17.5. The van der Waals surface area contributed by atoms with E-state index in [0.717, 1.165) is 48.3 Å². The van der Waals surface area contributed by atoms with Crippen molar-refractivity contribution in [2.45, 2.75) is 39.2 Å². The van der Waals surface area contributed by atoms with Gasteiger partial charge in [0.2, 0.25) is 5.89 Å². The van der Waals surface area contributed by atoms with Gasteiger partial charge in [-0.05, 0) is 12.0 Å². The van der Waals surface area contributed by atoms with Crippen molar-refractivity contribution in [3.63, 3.8) is 0 Å². The smallest absolute Gasteiger partial charge is 0.226 e. The van der Waals surface area contributed by atoms with Gasteiger partial charge in [0, 0.05) is 33.0 Å². The van der Waals surface area contributed by atoms with Crippen LogP contribution in [0.1, 0.15) is 43.7 Å². The van der Waals surface area contributed by atoms with Crippen LogP contribution in [0.5, 0.6) is 0 Å². The molecule has 8 heteroatoms. The molecule has 0 bridgehead atoms. The quantitative estimate of drug-likeness (QED) is 0.345. The zero-order valence-electron chi connectivity index (χ0n) is 17.5. The van der Waals surface area contributed by atoms with Crippen LogP contribution in [0.2, 0.25) is 0 Å². The van der Waals surface area contributed by atoms with Gasteiger partial charge in [-0.3, -0.25) is 4.99 Å². The monoisotopic (exact) mass is 395 g/mol. The lowest BCUT2D eigenvalue weighted by atomic mass is 10.2. The summed E-state index contributed by atoms with van der Waals surface area (Å²) in [6, 6.07) is 10.2. The van der Waals surface area contributed by atoms with Gasteiger partial charge in [0.05, 0.1) is 18.4 Å². The van der Waals surface area contributed by atoms with E-state index in [-0.39, 0.29) is 5.92 Å². The number of aromatic amines is 1. The number of H-pyrrole nitrogens is 1. The molecular formula is C21H29N7O. The average Bonchev–Trinajstić information content (AvgIpc) is 3.38. The molecule has 0 amide bonds. The van der Waals surface area contributed by atoms with E-state index in [1.54, 1.807) is 7.05 Å². The first-order chi connectivity index (χ1) is 14.1. The Bertz CT molecular complexity index is 914. The summed E-state index contributed by atoms with van der Waals surface area (Å²) in [6.07, 6.45) is 3.49. The molecule has 2 heterocycles. The number of nitrogens with one attached hydrogen (secondary N) is 2. The van der Waals surface area contributed by atoms with Crippen LogP contribution in [0.25, 0.3) is 11.3 Å². The minimum atomic E-state index is 0.280. The predicted molar refractivity (Wildman–Crippen MR) is 114 cm³/mol. The average molecular weight is 396 g/mol. The van der Waals surface area contributed by atoms with Gasteiger partial charge in [0.25, 0.3) is 0 Å². The highest BCUT2D eigenvalue weighted by atomic mass is 16.5. The van der Waals surface area contributed by atoms with E-state index in [0.29, 0.717) is 12.4 Å². The SMILES string of the molecule is CN=C(NCCCc1nc(C(C)C)no1)N(C)Cc1ncc(-c2ccccc2)[nH]1. The maximum atomic E-state index is 5.28. The van der Waals surface area contributed by atoms with Crippen molar-refractivity contribution >= 4 is 5.96 Å². The molecule has 3 aromatic rings. The highest BCUT2D eigenvalue weighted by Gasteiger charge is 2.11. The molecule has 0 saturated heterocycles. The summed E-state index contributed by atoms with van der Waals surface area (Å²) in [4.78, 5) is 18.7. The number of hydrogen-bond acceptors (Lipinski definition) is 5. The first kappa shape index (κ1) is 20.6. The summed E-state index contributed by atoms with van der Waals surface area (Å²) in [7, 11) is 3.77. The predicted octanol–water partition coefficient (Wildman–Crippen LogP) is 3.22. The number of hydrogen-bond donors (Lipinski definition) is 2. The number of guanidine groups is 1. The minimum absolute atomic E-state index is 0.280. The molecule has 0 aliphatic rings.